The summed E-state index contributed by atoms with van der Waals surface area (Å²) in [6, 6.07) is 5.54. The number of nitrogens with one attached hydrogen (secondary N) is 2. The number of amides is 2. The van der Waals surface area contributed by atoms with E-state index in [0.717, 1.165) is 10.9 Å². The van der Waals surface area contributed by atoms with Gasteiger partial charge in [0.25, 0.3) is 5.91 Å². The Bertz CT molecular complexity index is 755. The number of carbonyl (C=O) groups excluding carboxylic acids is 2. The number of rotatable bonds is 4. The number of aliphatic hydroxyl groups is 1. The van der Waals surface area contributed by atoms with E-state index in [0.29, 0.717) is 25.2 Å². The molecule has 3 N–H and O–H groups in total. The second-order valence-corrected chi connectivity index (χ2v) is 6.62. The fraction of sp³-hybridized carbons (Fsp3) is 0.471. The molecule has 128 valence electrons. The summed E-state index contributed by atoms with van der Waals surface area (Å²) in [7, 11) is 0. The zero-order valence-electron chi connectivity index (χ0n) is 13.8. The lowest BCUT2D eigenvalue weighted by atomic mass is 10.1. The Balaban J connectivity index is 1.61. The SMILES string of the molecule is CC(C)[C@H](O)C(=O)N1CCC(C(=O)Nc2ccc3[nH]ncc3c2)C1. The van der Waals surface area contributed by atoms with Gasteiger partial charge < -0.3 is 15.3 Å². The summed E-state index contributed by atoms with van der Waals surface area (Å²) < 4.78 is 0. The number of nitrogens with zero attached hydrogens (tertiary/aromatic N) is 2. The molecule has 7 nitrogen and oxygen atoms in total. The van der Waals surface area contributed by atoms with Crippen LogP contribution in [0.4, 0.5) is 5.69 Å². The van der Waals surface area contributed by atoms with Gasteiger partial charge in [0.2, 0.25) is 5.91 Å². The molecule has 0 radical (unpaired) electrons. The predicted molar refractivity (Wildman–Crippen MR) is 90.3 cm³/mol. The van der Waals surface area contributed by atoms with Crippen LogP contribution in [0.15, 0.2) is 24.4 Å². The molecule has 1 aliphatic rings. The Morgan fingerprint density at radius 2 is 2.21 bits per heavy atom. The third-order valence-electron chi connectivity index (χ3n) is 4.46. The summed E-state index contributed by atoms with van der Waals surface area (Å²) in [4.78, 5) is 26.2. The van der Waals surface area contributed by atoms with E-state index < -0.39 is 6.10 Å². The molecule has 2 atom stereocenters. The smallest absolute Gasteiger partial charge is 0.251 e. The van der Waals surface area contributed by atoms with Crippen LogP contribution >= 0.6 is 0 Å². The second-order valence-electron chi connectivity index (χ2n) is 6.62. The minimum Gasteiger partial charge on any atom is -0.383 e. The number of aromatic nitrogens is 2. The Morgan fingerprint density at radius 1 is 1.42 bits per heavy atom. The van der Waals surface area contributed by atoms with E-state index in [1.54, 1.807) is 24.9 Å². The van der Waals surface area contributed by atoms with Crippen molar-refractivity contribution in [3.8, 4) is 0 Å². The average Bonchev–Trinajstić information content (AvgIpc) is 3.21. The highest BCUT2D eigenvalue weighted by Gasteiger charge is 2.34. The van der Waals surface area contributed by atoms with Crippen molar-refractivity contribution in [2.75, 3.05) is 18.4 Å². The first-order valence-corrected chi connectivity index (χ1v) is 8.16. The number of hydrogen-bond acceptors (Lipinski definition) is 4. The largest absolute Gasteiger partial charge is 0.383 e. The number of likely N-dealkylation sites (tertiary alicyclic amines) is 1. The van der Waals surface area contributed by atoms with Gasteiger partial charge in [0.15, 0.2) is 0 Å². The van der Waals surface area contributed by atoms with E-state index in [4.69, 9.17) is 0 Å². The van der Waals surface area contributed by atoms with Crippen molar-refractivity contribution < 1.29 is 14.7 Å². The van der Waals surface area contributed by atoms with Crippen LogP contribution in [0.1, 0.15) is 20.3 Å². The molecule has 1 unspecified atom stereocenters. The van der Waals surface area contributed by atoms with Crippen LogP contribution in [0.5, 0.6) is 0 Å². The van der Waals surface area contributed by atoms with Crippen LogP contribution in [0.3, 0.4) is 0 Å². The normalized spacial score (nSPS) is 19.0. The lowest BCUT2D eigenvalue weighted by molar-refractivity contribution is -0.141. The topological polar surface area (TPSA) is 98.3 Å². The van der Waals surface area contributed by atoms with Crippen molar-refractivity contribution in [2.24, 2.45) is 11.8 Å². The van der Waals surface area contributed by atoms with Crippen molar-refractivity contribution in [1.29, 1.82) is 0 Å². The molecule has 1 saturated heterocycles. The maximum Gasteiger partial charge on any atom is 0.251 e. The summed E-state index contributed by atoms with van der Waals surface area (Å²) in [5.41, 5.74) is 1.62. The van der Waals surface area contributed by atoms with Gasteiger partial charge in [-0.15, -0.1) is 0 Å². The first-order chi connectivity index (χ1) is 11.5. The molecule has 0 aliphatic carbocycles. The number of H-pyrrole nitrogens is 1. The van der Waals surface area contributed by atoms with Crippen molar-refractivity contribution in [2.45, 2.75) is 26.4 Å². The van der Waals surface area contributed by atoms with E-state index in [9.17, 15) is 14.7 Å². The first kappa shape index (κ1) is 16.4. The number of aromatic amines is 1. The molecule has 2 aromatic rings. The predicted octanol–water partition coefficient (Wildman–Crippen LogP) is 1.37. The lowest BCUT2D eigenvalue weighted by Gasteiger charge is -2.22. The van der Waals surface area contributed by atoms with Crippen LogP contribution in [-0.2, 0) is 9.59 Å². The van der Waals surface area contributed by atoms with Gasteiger partial charge in [-0.2, -0.15) is 5.10 Å². The summed E-state index contributed by atoms with van der Waals surface area (Å²) >= 11 is 0. The summed E-state index contributed by atoms with van der Waals surface area (Å²) in [5.74, 6) is -0.785. The van der Waals surface area contributed by atoms with Gasteiger partial charge in [0.05, 0.1) is 17.6 Å². The van der Waals surface area contributed by atoms with E-state index in [1.165, 1.54) is 0 Å². The van der Waals surface area contributed by atoms with Crippen molar-refractivity contribution >= 4 is 28.4 Å². The highest BCUT2D eigenvalue weighted by molar-refractivity contribution is 5.95. The second kappa shape index (κ2) is 6.60. The number of carbonyl (C=O) groups is 2. The number of anilines is 1. The molecule has 7 heteroatoms. The van der Waals surface area contributed by atoms with Crippen molar-refractivity contribution in [3.63, 3.8) is 0 Å². The van der Waals surface area contributed by atoms with Crippen LogP contribution in [0.2, 0.25) is 0 Å². The van der Waals surface area contributed by atoms with Crippen LogP contribution in [-0.4, -0.2) is 51.2 Å². The first-order valence-electron chi connectivity index (χ1n) is 8.16. The standard InChI is InChI=1S/C17H22N4O3/c1-10(2)15(22)17(24)21-6-5-11(9-21)16(23)19-13-3-4-14-12(7-13)8-18-20-14/h3-4,7-8,10-11,15,22H,5-6,9H2,1-2H3,(H,18,20)(H,19,23)/t11?,15-/m0/s1. The van der Waals surface area contributed by atoms with Crippen LogP contribution < -0.4 is 5.32 Å². The average molecular weight is 330 g/mol. The summed E-state index contributed by atoms with van der Waals surface area (Å²) in [6.07, 6.45) is 1.31. The highest BCUT2D eigenvalue weighted by atomic mass is 16.3. The van der Waals surface area contributed by atoms with Crippen molar-refractivity contribution in [3.05, 3.63) is 24.4 Å². The molecule has 1 fully saturated rings. The molecule has 1 aromatic carbocycles. The number of fused-ring (bicyclic) bond motifs is 1. The maximum absolute atomic E-state index is 12.4. The van der Waals surface area contributed by atoms with Gasteiger partial charge in [-0.25, -0.2) is 0 Å². The van der Waals surface area contributed by atoms with E-state index in [1.807, 2.05) is 18.2 Å². The maximum atomic E-state index is 12.4. The Kier molecular flexibility index (Phi) is 4.53. The summed E-state index contributed by atoms with van der Waals surface area (Å²) in [6.45, 7) is 4.45. The van der Waals surface area contributed by atoms with Gasteiger partial charge in [-0.1, -0.05) is 13.8 Å². The fourth-order valence-corrected chi connectivity index (χ4v) is 2.91. The molecular formula is C17H22N4O3. The van der Waals surface area contributed by atoms with Gasteiger partial charge in [0.1, 0.15) is 6.10 Å². The van der Waals surface area contributed by atoms with Gasteiger partial charge >= 0.3 is 0 Å². The van der Waals surface area contributed by atoms with Crippen molar-refractivity contribution in [1.82, 2.24) is 15.1 Å². The minimum absolute atomic E-state index is 0.104. The molecule has 2 amide bonds. The van der Waals surface area contributed by atoms with Gasteiger partial charge in [0, 0.05) is 24.2 Å². The van der Waals surface area contributed by atoms with Crippen LogP contribution in [0.25, 0.3) is 10.9 Å². The Labute approximate surface area is 140 Å². The molecule has 24 heavy (non-hydrogen) atoms. The molecule has 0 bridgehead atoms. The number of aliphatic hydroxyl groups excluding tert-OH is 1. The van der Waals surface area contributed by atoms with Crippen LogP contribution in [0, 0.1) is 11.8 Å². The monoisotopic (exact) mass is 330 g/mol. The zero-order valence-corrected chi connectivity index (χ0v) is 13.8. The third-order valence-corrected chi connectivity index (χ3v) is 4.46. The van der Waals surface area contributed by atoms with E-state index in [-0.39, 0.29) is 23.7 Å². The number of benzene rings is 1. The molecule has 3 rings (SSSR count). The number of hydrogen-bond donors (Lipinski definition) is 3. The minimum atomic E-state index is -1.00. The molecule has 1 aliphatic heterocycles. The molecule has 1 aromatic heterocycles. The van der Waals surface area contributed by atoms with Gasteiger partial charge in [-0.3, -0.25) is 14.7 Å². The Morgan fingerprint density at radius 3 is 2.96 bits per heavy atom. The van der Waals surface area contributed by atoms with Gasteiger partial charge in [-0.05, 0) is 30.5 Å². The lowest BCUT2D eigenvalue weighted by Crippen LogP contribution is -2.40. The third kappa shape index (κ3) is 3.26. The summed E-state index contributed by atoms with van der Waals surface area (Å²) in [5, 5.41) is 20.5. The Hall–Kier alpha value is -2.41. The molecule has 2 heterocycles. The quantitative estimate of drug-likeness (QED) is 0.788. The fourth-order valence-electron chi connectivity index (χ4n) is 2.91. The highest BCUT2D eigenvalue weighted by Crippen LogP contribution is 2.22. The molecule has 0 spiro atoms. The van der Waals surface area contributed by atoms with E-state index >= 15 is 0 Å². The molecular weight excluding hydrogens is 308 g/mol. The molecule has 0 saturated carbocycles. The zero-order chi connectivity index (χ0) is 17.3. The van der Waals surface area contributed by atoms with E-state index in [2.05, 4.69) is 15.5 Å².